The van der Waals surface area contributed by atoms with Crippen molar-refractivity contribution in [3.05, 3.63) is 16.4 Å². The minimum absolute atomic E-state index is 0.0989. The number of halogens is 2. The Balaban J connectivity index is 2.55. The molecule has 0 spiro atoms. The second kappa shape index (κ2) is 5.39. The molecule has 0 saturated carbocycles. The third-order valence-electron chi connectivity index (χ3n) is 2.52. The Morgan fingerprint density at radius 3 is 2.50 bits per heavy atom. The molecular formula is C11H19Cl2N3. The normalized spacial score (nSPS) is 12.1. The highest BCUT2D eigenvalue weighted by Gasteiger charge is 2.17. The fraction of sp³-hybridized carbons (Fsp3) is 0.727. The Kier molecular flexibility index (Phi) is 4.65. The van der Waals surface area contributed by atoms with E-state index in [0.29, 0.717) is 5.88 Å². The van der Waals surface area contributed by atoms with E-state index in [-0.39, 0.29) is 5.41 Å². The zero-order valence-corrected chi connectivity index (χ0v) is 11.8. The number of nitrogens with zero attached hydrogens (tertiary/aromatic N) is 2. The highest BCUT2D eigenvalue weighted by atomic mass is 35.5. The lowest BCUT2D eigenvalue weighted by molar-refractivity contribution is 0.382. The SMILES string of the molecule is Cc1nn(C)c(CNCC(C)(C)CCl)c1Cl. The number of rotatable bonds is 5. The molecule has 5 heteroatoms. The van der Waals surface area contributed by atoms with Gasteiger partial charge in [0.25, 0.3) is 0 Å². The quantitative estimate of drug-likeness (QED) is 0.829. The van der Waals surface area contributed by atoms with E-state index in [9.17, 15) is 0 Å². The molecular weight excluding hydrogens is 245 g/mol. The summed E-state index contributed by atoms with van der Waals surface area (Å²) in [7, 11) is 1.91. The second-order valence-corrected chi connectivity index (χ2v) is 5.52. The molecule has 16 heavy (non-hydrogen) atoms. The van der Waals surface area contributed by atoms with Crippen LogP contribution >= 0.6 is 23.2 Å². The van der Waals surface area contributed by atoms with Gasteiger partial charge in [0, 0.05) is 26.0 Å². The molecule has 92 valence electrons. The smallest absolute Gasteiger partial charge is 0.0860 e. The van der Waals surface area contributed by atoms with Gasteiger partial charge in [0.2, 0.25) is 0 Å². The molecule has 1 heterocycles. The Hall–Kier alpha value is -0.250. The van der Waals surface area contributed by atoms with Gasteiger partial charge in [0.05, 0.1) is 16.4 Å². The van der Waals surface area contributed by atoms with Gasteiger partial charge in [-0.05, 0) is 12.3 Å². The van der Waals surface area contributed by atoms with E-state index in [1.807, 2.05) is 18.7 Å². The van der Waals surface area contributed by atoms with Crippen molar-refractivity contribution in [1.82, 2.24) is 15.1 Å². The molecule has 1 aromatic rings. The molecule has 0 saturated heterocycles. The van der Waals surface area contributed by atoms with Gasteiger partial charge in [-0.3, -0.25) is 4.68 Å². The summed E-state index contributed by atoms with van der Waals surface area (Å²) in [4.78, 5) is 0. The molecule has 0 unspecified atom stereocenters. The molecule has 0 aliphatic heterocycles. The highest BCUT2D eigenvalue weighted by Crippen LogP contribution is 2.20. The van der Waals surface area contributed by atoms with Crippen molar-refractivity contribution >= 4 is 23.2 Å². The van der Waals surface area contributed by atoms with Crippen molar-refractivity contribution in [3.63, 3.8) is 0 Å². The Morgan fingerprint density at radius 1 is 1.44 bits per heavy atom. The van der Waals surface area contributed by atoms with E-state index in [1.165, 1.54) is 0 Å². The molecule has 0 bridgehead atoms. The van der Waals surface area contributed by atoms with E-state index >= 15 is 0 Å². The topological polar surface area (TPSA) is 29.9 Å². The molecule has 0 radical (unpaired) electrons. The van der Waals surface area contributed by atoms with E-state index < -0.39 is 0 Å². The molecule has 0 amide bonds. The van der Waals surface area contributed by atoms with Gasteiger partial charge in [-0.2, -0.15) is 5.10 Å². The van der Waals surface area contributed by atoms with Crippen molar-refractivity contribution < 1.29 is 0 Å². The number of nitrogens with one attached hydrogen (secondary N) is 1. The van der Waals surface area contributed by atoms with Crippen LogP contribution in [-0.4, -0.2) is 22.2 Å². The van der Waals surface area contributed by atoms with Crippen LogP contribution in [0, 0.1) is 12.3 Å². The number of hydrogen-bond donors (Lipinski definition) is 1. The fourth-order valence-corrected chi connectivity index (χ4v) is 1.76. The molecule has 1 N–H and O–H groups in total. The first-order valence-electron chi connectivity index (χ1n) is 5.32. The van der Waals surface area contributed by atoms with E-state index in [4.69, 9.17) is 23.2 Å². The zero-order chi connectivity index (χ0) is 12.3. The van der Waals surface area contributed by atoms with Gasteiger partial charge in [-0.1, -0.05) is 25.4 Å². The minimum Gasteiger partial charge on any atom is -0.311 e. The van der Waals surface area contributed by atoms with Crippen LogP contribution in [0.1, 0.15) is 25.2 Å². The van der Waals surface area contributed by atoms with Gasteiger partial charge >= 0.3 is 0 Å². The zero-order valence-electron chi connectivity index (χ0n) is 10.3. The summed E-state index contributed by atoms with van der Waals surface area (Å²) in [5.74, 6) is 0.637. The Bertz CT molecular complexity index is 358. The molecule has 0 aliphatic carbocycles. The average Bonchev–Trinajstić information content (AvgIpc) is 2.44. The van der Waals surface area contributed by atoms with Crippen LogP contribution in [0.15, 0.2) is 0 Å². The maximum Gasteiger partial charge on any atom is 0.0860 e. The molecule has 0 aromatic carbocycles. The molecule has 0 atom stereocenters. The minimum atomic E-state index is 0.0989. The predicted molar refractivity (Wildman–Crippen MR) is 69.2 cm³/mol. The predicted octanol–water partition coefficient (Wildman–Crippen LogP) is 2.74. The second-order valence-electron chi connectivity index (χ2n) is 4.87. The summed E-state index contributed by atoms with van der Waals surface area (Å²) in [6.45, 7) is 7.74. The maximum absolute atomic E-state index is 6.15. The van der Waals surface area contributed by atoms with Gasteiger partial charge in [-0.25, -0.2) is 0 Å². The first-order valence-corrected chi connectivity index (χ1v) is 6.23. The molecule has 1 aromatic heterocycles. The van der Waals surface area contributed by atoms with Crippen molar-refractivity contribution in [3.8, 4) is 0 Å². The summed E-state index contributed by atoms with van der Waals surface area (Å²) >= 11 is 12.0. The fourth-order valence-electron chi connectivity index (χ4n) is 1.44. The van der Waals surface area contributed by atoms with Gasteiger partial charge in [0.15, 0.2) is 0 Å². The van der Waals surface area contributed by atoms with E-state index in [2.05, 4.69) is 24.3 Å². The largest absolute Gasteiger partial charge is 0.311 e. The number of hydrogen-bond acceptors (Lipinski definition) is 2. The number of aryl methyl sites for hydroxylation is 2. The van der Waals surface area contributed by atoms with Gasteiger partial charge < -0.3 is 5.32 Å². The van der Waals surface area contributed by atoms with Crippen LogP contribution in [0.25, 0.3) is 0 Å². The lowest BCUT2D eigenvalue weighted by Gasteiger charge is -2.21. The van der Waals surface area contributed by atoms with Crippen molar-refractivity contribution in [2.75, 3.05) is 12.4 Å². The van der Waals surface area contributed by atoms with Crippen LogP contribution in [0.2, 0.25) is 5.02 Å². The lowest BCUT2D eigenvalue weighted by Crippen LogP contribution is -2.31. The Labute approximate surface area is 107 Å². The number of aromatic nitrogens is 2. The summed E-state index contributed by atoms with van der Waals surface area (Å²) < 4.78 is 1.82. The molecule has 1 rings (SSSR count). The summed E-state index contributed by atoms with van der Waals surface area (Å²) in [6, 6.07) is 0. The van der Waals surface area contributed by atoms with Crippen LogP contribution in [0.4, 0.5) is 0 Å². The summed E-state index contributed by atoms with van der Waals surface area (Å²) in [5.41, 5.74) is 1.99. The van der Waals surface area contributed by atoms with Crippen molar-refractivity contribution in [2.24, 2.45) is 12.5 Å². The Morgan fingerprint density at radius 2 is 2.06 bits per heavy atom. The van der Waals surface area contributed by atoms with Crippen LogP contribution in [0.5, 0.6) is 0 Å². The maximum atomic E-state index is 6.15. The van der Waals surface area contributed by atoms with Crippen molar-refractivity contribution in [1.29, 1.82) is 0 Å². The van der Waals surface area contributed by atoms with Crippen LogP contribution < -0.4 is 5.32 Å². The highest BCUT2D eigenvalue weighted by molar-refractivity contribution is 6.31. The third kappa shape index (κ3) is 3.37. The lowest BCUT2D eigenvalue weighted by atomic mass is 9.96. The standard InChI is InChI=1S/C11H19Cl2N3/c1-8-10(13)9(16(4)15-8)5-14-7-11(2,3)6-12/h14H,5-7H2,1-4H3. The molecule has 3 nitrogen and oxygen atoms in total. The average molecular weight is 264 g/mol. The summed E-state index contributed by atoms with van der Waals surface area (Å²) in [6.07, 6.45) is 0. The third-order valence-corrected chi connectivity index (χ3v) is 3.73. The molecule has 0 aliphatic rings. The summed E-state index contributed by atoms with van der Waals surface area (Å²) in [5, 5.41) is 8.37. The first-order chi connectivity index (χ1) is 7.37. The number of alkyl halides is 1. The van der Waals surface area contributed by atoms with E-state index in [1.54, 1.807) is 0 Å². The van der Waals surface area contributed by atoms with Crippen LogP contribution in [0.3, 0.4) is 0 Å². The van der Waals surface area contributed by atoms with Crippen molar-refractivity contribution in [2.45, 2.75) is 27.3 Å². The van der Waals surface area contributed by atoms with Gasteiger partial charge in [-0.15, -0.1) is 11.6 Å². The van der Waals surface area contributed by atoms with E-state index in [0.717, 1.165) is 29.5 Å². The molecule has 0 fully saturated rings. The first kappa shape index (κ1) is 13.8. The van der Waals surface area contributed by atoms with Crippen LogP contribution in [-0.2, 0) is 13.6 Å². The van der Waals surface area contributed by atoms with Gasteiger partial charge in [0.1, 0.15) is 0 Å². The monoisotopic (exact) mass is 263 g/mol.